The number of hydrogen-bond acceptors (Lipinski definition) is 4. The summed E-state index contributed by atoms with van der Waals surface area (Å²) in [6.45, 7) is 6.80. The van der Waals surface area contributed by atoms with Crippen LogP contribution >= 0.6 is 35.3 Å². The highest BCUT2D eigenvalue weighted by Crippen LogP contribution is 2.24. The van der Waals surface area contributed by atoms with Crippen molar-refractivity contribution in [2.75, 3.05) is 31.1 Å². The fourth-order valence-electron chi connectivity index (χ4n) is 2.90. The molecule has 0 radical (unpaired) electrons. The highest BCUT2D eigenvalue weighted by molar-refractivity contribution is 14.0. The molecule has 1 fully saturated rings. The first-order valence-corrected chi connectivity index (χ1v) is 9.52. The van der Waals surface area contributed by atoms with Crippen molar-refractivity contribution in [3.8, 4) is 0 Å². The minimum Gasteiger partial charge on any atom is -0.363 e. The molecule has 2 aromatic heterocycles. The van der Waals surface area contributed by atoms with Gasteiger partial charge in [0, 0.05) is 44.6 Å². The maximum Gasteiger partial charge on any atom is 0.191 e. The van der Waals surface area contributed by atoms with Crippen molar-refractivity contribution in [1.82, 2.24) is 20.2 Å². The molecule has 3 rings (SSSR count). The van der Waals surface area contributed by atoms with E-state index in [1.807, 2.05) is 28.4 Å². The van der Waals surface area contributed by atoms with Crippen molar-refractivity contribution in [3.63, 3.8) is 0 Å². The van der Waals surface area contributed by atoms with Gasteiger partial charge in [0.05, 0.1) is 17.9 Å². The van der Waals surface area contributed by atoms with E-state index in [0.717, 1.165) is 51.5 Å². The van der Waals surface area contributed by atoms with E-state index >= 15 is 0 Å². The van der Waals surface area contributed by atoms with E-state index in [-0.39, 0.29) is 24.0 Å². The lowest BCUT2D eigenvalue weighted by Crippen LogP contribution is -2.48. The topological polar surface area (TPSA) is 57.5 Å². The smallest absolute Gasteiger partial charge is 0.191 e. The van der Waals surface area contributed by atoms with E-state index in [1.54, 1.807) is 6.20 Å². The number of anilines is 1. The molecule has 0 aromatic carbocycles. The van der Waals surface area contributed by atoms with Gasteiger partial charge in [-0.05, 0) is 37.3 Å². The third kappa shape index (κ3) is 6.18. The SMILES string of the molecule is CCNC(=NCCn1ccnc1)NC1CCN(c2cccs2)CC1.I. The molecule has 2 aromatic rings. The molecular formula is C17H27IN6S. The summed E-state index contributed by atoms with van der Waals surface area (Å²) in [5, 5.41) is 10.5. The number of rotatable bonds is 6. The Morgan fingerprint density at radius 2 is 2.24 bits per heavy atom. The standard InChI is InChI=1S/C17H26N6S.HI/c1-2-19-17(20-8-12-22-11-7-18-14-22)21-15-5-9-23(10-6-15)16-4-3-13-24-16;/h3-4,7,11,13-15H,2,5-6,8-10,12H2,1H3,(H2,19,20,21);1H. The molecule has 0 atom stereocenters. The van der Waals surface area contributed by atoms with E-state index in [0.29, 0.717) is 6.04 Å². The van der Waals surface area contributed by atoms with Gasteiger partial charge in [0.1, 0.15) is 0 Å². The van der Waals surface area contributed by atoms with Crippen LogP contribution in [0.5, 0.6) is 0 Å². The Morgan fingerprint density at radius 3 is 2.88 bits per heavy atom. The molecule has 138 valence electrons. The predicted molar refractivity (Wildman–Crippen MR) is 116 cm³/mol. The third-order valence-electron chi connectivity index (χ3n) is 4.19. The summed E-state index contributed by atoms with van der Waals surface area (Å²) in [7, 11) is 0. The van der Waals surface area contributed by atoms with Crippen LogP contribution < -0.4 is 15.5 Å². The first-order chi connectivity index (χ1) is 11.8. The van der Waals surface area contributed by atoms with Crippen LogP contribution in [-0.2, 0) is 6.54 Å². The van der Waals surface area contributed by atoms with Crippen molar-refractivity contribution in [3.05, 3.63) is 36.2 Å². The Kier molecular flexibility index (Phi) is 8.53. The fourth-order valence-corrected chi connectivity index (χ4v) is 3.69. The molecule has 2 N–H and O–H groups in total. The minimum absolute atomic E-state index is 0. The van der Waals surface area contributed by atoms with Crippen LogP contribution in [-0.4, -0.2) is 47.7 Å². The van der Waals surface area contributed by atoms with Crippen LogP contribution in [0.15, 0.2) is 41.2 Å². The van der Waals surface area contributed by atoms with Gasteiger partial charge in [0.2, 0.25) is 0 Å². The van der Waals surface area contributed by atoms with Gasteiger partial charge in [-0.3, -0.25) is 4.99 Å². The molecular weight excluding hydrogens is 447 g/mol. The summed E-state index contributed by atoms with van der Waals surface area (Å²) in [6.07, 6.45) is 7.88. The van der Waals surface area contributed by atoms with Crippen LogP contribution in [0, 0.1) is 0 Å². The van der Waals surface area contributed by atoms with Crippen molar-refractivity contribution in [2.24, 2.45) is 4.99 Å². The number of piperidine rings is 1. The number of thiophene rings is 1. The first kappa shape index (κ1) is 20.0. The Balaban J connectivity index is 0.00000225. The number of halogens is 1. The Labute approximate surface area is 170 Å². The van der Waals surface area contributed by atoms with Crippen LogP contribution in [0.1, 0.15) is 19.8 Å². The van der Waals surface area contributed by atoms with Gasteiger partial charge in [-0.2, -0.15) is 0 Å². The lowest BCUT2D eigenvalue weighted by Gasteiger charge is -2.33. The summed E-state index contributed by atoms with van der Waals surface area (Å²) in [5.41, 5.74) is 0. The summed E-state index contributed by atoms with van der Waals surface area (Å²) in [4.78, 5) is 11.2. The van der Waals surface area contributed by atoms with Gasteiger partial charge < -0.3 is 20.1 Å². The second-order valence-corrected chi connectivity index (χ2v) is 6.84. The fraction of sp³-hybridized carbons (Fsp3) is 0.529. The Bertz CT molecular complexity index is 605. The maximum atomic E-state index is 4.69. The van der Waals surface area contributed by atoms with Crippen molar-refractivity contribution in [1.29, 1.82) is 0 Å². The number of imidazole rings is 1. The molecule has 0 amide bonds. The van der Waals surface area contributed by atoms with Gasteiger partial charge in [0.15, 0.2) is 5.96 Å². The average Bonchev–Trinajstić information content (AvgIpc) is 3.29. The first-order valence-electron chi connectivity index (χ1n) is 8.64. The van der Waals surface area contributed by atoms with Crippen molar-refractivity contribution < 1.29 is 0 Å². The number of aliphatic imine (C=N–C) groups is 1. The van der Waals surface area contributed by atoms with Gasteiger partial charge in [-0.25, -0.2) is 4.98 Å². The zero-order chi connectivity index (χ0) is 16.6. The monoisotopic (exact) mass is 474 g/mol. The van der Waals surface area contributed by atoms with Gasteiger partial charge in [-0.15, -0.1) is 35.3 Å². The van der Waals surface area contributed by atoms with E-state index in [9.17, 15) is 0 Å². The molecule has 8 heteroatoms. The molecule has 1 aliphatic rings. The van der Waals surface area contributed by atoms with Crippen LogP contribution in [0.4, 0.5) is 5.00 Å². The number of hydrogen-bond donors (Lipinski definition) is 2. The summed E-state index contributed by atoms with van der Waals surface area (Å²) >= 11 is 1.82. The molecule has 0 spiro atoms. The predicted octanol–water partition coefficient (Wildman–Crippen LogP) is 2.79. The zero-order valence-electron chi connectivity index (χ0n) is 14.6. The largest absolute Gasteiger partial charge is 0.363 e. The molecule has 1 saturated heterocycles. The van der Waals surface area contributed by atoms with E-state index in [1.165, 1.54) is 5.00 Å². The van der Waals surface area contributed by atoms with E-state index in [2.05, 4.69) is 49.9 Å². The molecule has 25 heavy (non-hydrogen) atoms. The molecule has 0 unspecified atom stereocenters. The van der Waals surface area contributed by atoms with Crippen LogP contribution in [0.2, 0.25) is 0 Å². The highest BCUT2D eigenvalue weighted by atomic mass is 127. The number of nitrogens with zero attached hydrogens (tertiary/aromatic N) is 4. The summed E-state index contributed by atoms with van der Waals surface area (Å²) < 4.78 is 2.05. The van der Waals surface area contributed by atoms with Gasteiger partial charge >= 0.3 is 0 Å². The average molecular weight is 474 g/mol. The quantitative estimate of drug-likeness (QED) is 0.384. The van der Waals surface area contributed by atoms with Gasteiger partial charge in [-0.1, -0.05) is 0 Å². The van der Waals surface area contributed by atoms with Gasteiger partial charge in [0.25, 0.3) is 0 Å². The lowest BCUT2D eigenvalue weighted by atomic mass is 10.1. The molecule has 1 aliphatic heterocycles. The minimum atomic E-state index is 0. The van der Waals surface area contributed by atoms with E-state index < -0.39 is 0 Å². The van der Waals surface area contributed by atoms with E-state index in [4.69, 9.17) is 0 Å². The molecule has 3 heterocycles. The normalized spacial score (nSPS) is 15.7. The lowest BCUT2D eigenvalue weighted by molar-refractivity contribution is 0.462. The third-order valence-corrected chi connectivity index (χ3v) is 5.11. The Morgan fingerprint density at radius 1 is 1.40 bits per heavy atom. The Hall–Kier alpha value is -1.29. The molecule has 0 aliphatic carbocycles. The van der Waals surface area contributed by atoms with Crippen molar-refractivity contribution in [2.45, 2.75) is 32.4 Å². The molecule has 0 saturated carbocycles. The maximum absolute atomic E-state index is 4.69. The molecule has 6 nitrogen and oxygen atoms in total. The molecule has 0 bridgehead atoms. The number of guanidine groups is 1. The second kappa shape index (κ2) is 10.6. The number of aromatic nitrogens is 2. The summed E-state index contributed by atoms with van der Waals surface area (Å²) in [5.74, 6) is 0.923. The number of nitrogens with one attached hydrogen (secondary N) is 2. The second-order valence-electron chi connectivity index (χ2n) is 5.92. The zero-order valence-corrected chi connectivity index (χ0v) is 17.7. The van der Waals surface area contributed by atoms with Crippen LogP contribution in [0.25, 0.3) is 0 Å². The summed E-state index contributed by atoms with van der Waals surface area (Å²) in [6, 6.07) is 4.83. The highest BCUT2D eigenvalue weighted by Gasteiger charge is 2.20. The van der Waals surface area contributed by atoms with Crippen molar-refractivity contribution >= 4 is 46.3 Å². The van der Waals surface area contributed by atoms with Crippen LogP contribution in [0.3, 0.4) is 0 Å².